The molecule has 2 heteroatoms. The van der Waals surface area contributed by atoms with Crippen molar-refractivity contribution < 1.29 is 21.7 Å². The van der Waals surface area contributed by atoms with Gasteiger partial charge in [0.25, 0.3) is 0 Å². The van der Waals surface area contributed by atoms with Crippen LogP contribution < -0.4 is 0 Å². The van der Waals surface area contributed by atoms with Crippen LogP contribution in [0.2, 0.25) is 8.26 Å². The van der Waals surface area contributed by atoms with Crippen LogP contribution in [0, 0.1) is 0 Å². The fourth-order valence-corrected chi connectivity index (χ4v) is 15.5. The van der Waals surface area contributed by atoms with Gasteiger partial charge < -0.3 is 1.43 Å². The van der Waals surface area contributed by atoms with Gasteiger partial charge in [-0.2, -0.15) is 0 Å². The molecule has 76 valence electrons. The van der Waals surface area contributed by atoms with Crippen LogP contribution in [-0.2, 0) is 20.3 Å². The number of rotatable bonds is 2. The zero-order valence-corrected chi connectivity index (χ0v) is 11.5. The molecule has 0 bridgehead atoms. The topological polar surface area (TPSA) is 0 Å². The fraction of sp³-hybridized carbons (Fsp3) is 0.333. The van der Waals surface area contributed by atoms with Gasteiger partial charge in [0.15, 0.2) is 0 Å². The van der Waals surface area contributed by atoms with E-state index in [-0.39, 0.29) is 13.8 Å². The van der Waals surface area contributed by atoms with E-state index < -0.39 is 20.3 Å². The number of halogens is 1. The molecule has 3 aliphatic rings. The van der Waals surface area contributed by atoms with Crippen LogP contribution >= 0.6 is 12.4 Å². The molecule has 0 nitrogen and oxygen atoms in total. The maximum atomic E-state index is 2.42. The van der Waals surface area contributed by atoms with Gasteiger partial charge in [-0.15, -0.1) is 12.4 Å². The maximum Gasteiger partial charge on any atom is -0.147 e. The monoisotopic (exact) mass is 285 g/mol. The van der Waals surface area contributed by atoms with E-state index in [1.165, 1.54) is 12.8 Å². The van der Waals surface area contributed by atoms with Crippen molar-refractivity contribution in [3.05, 3.63) is 43.0 Å². The molecule has 0 aromatic heterocycles. The van der Waals surface area contributed by atoms with E-state index in [9.17, 15) is 0 Å². The molecule has 1 fully saturated rings. The molecular weight excluding hydrogens is 271 g/mol. The van der Waals surface area contributed by atoms with E-state index >= 15 is 0 Å². The fourth-order valence-electron chi connectivity index (χ4n) is 2.58. The molecule has 0 atom stereocenters. The zero-order valence-electron chi connectivity index (χ0n) is 9.20. The van der Waals surface area contributed by atoms with E-state index in [2.05, 4.69) is 36.5 Å². The Morgan fingerprint density at radius 2 is 1.43 bits per heavy atom. The predicted molar refractivity (Wildman–Crippen MR) is 61.7 cm³/mol. The van der Waals surface area contributed by atoms with Gasteiger partial charge in [-0.05, 0) is 0 Å². The molecule has 1 heterocycles. The van der Waals surface area contributed by atoms with Crippen molar-refractivity contribution >= 4 is 12.4 Å². The number of hydrogen-bond donors (Lipinski definition) is 0. The average Bonchev–Trinajstić information content (AvgIpc) is 2.68. The number of hydrogen-bond acceptors (Lipinski definition) is 0. The van der Waals surface area contributed by atoms with Crippen molar-refractivity contribution in [2.75, 3.05) is 0 Å². The molecule has 1 saturated heterocycles. The smallest absolute Gasteiger partial charge is 0.147 e. The van der Waals surface area contributed by atoms with Gasteiger partial charge >= 0.3 is 84.4 Å². The van der Waals surface area contributed by atoms with Crippen LogP contribution in [0.4, 0.5) is 0 Å². The zero-order chi connectivity index (χ0) is 8.73. The summed E-state index contributed by atoms with van der Waals surface area (Å²) in [5.74, 6) is 0. The summed E-state index contributed by atoms with van der Waals surface area (Å²) in [4.78, 5) is 0. The summed E-state index contributed by atoms with van der Waals surface area (Å²) in [5, 5.41) is 0. The third-order valence-electron chi connectivity index (χ3n) is 3.52. The van der Waals surface area contributed by atoms with Crippen LogP contribution in [0.1, 0.15) is 14.3 Å². The van der Waals surface area contributed by atoms with Crippen LogP contribution in [0.5, 0.6) is 0 Å². The van der Waals surface area contributed by atoms with Crippen LogP contribution in [-0.4, -0.2) is 0 Å². The van der Waals surface area contributed by atoms with Gasteiger partial charge in [0.1, 0.15) is 0 Å². The Bertz CT molecular complexity index is 330. The minimum Gasteiger partial charge on any atom is -1.00 e. The largest absolute Gasteiger partial charge is 1.00 e. The quantitative estimate of drug-likeness (QED) is 0.713. The molecule has 0 amide bonds. The van der Waals surface area contributed by atoms with E-state index in [1.807, 2.05) is 6.56 Å². The van der Waals surface area contributed by atoms with Gasteiger partial charge in [-0.25, -0.2) is 0 Å². The summed E-state index contributed by atoms with van der Waals surface area (Å²) in [6, 6.07) is 0. The molecular formula is C12H16ClZr-. The van der Waals surface area contributed by atoms with Crippen LogP contribution in [0.15, 0.2) is 43.0 Å². The molecule has 0 unspecified atom stereocenters. The molecule has 2 aliphatic carbocycles. The van der Waals surface area contributed by atoms with Crippen molar-refractivity contribution in [3.63, 3.8) is 0 Å². The molecule has 3 rings (SSSR count). The van der Waals surface area contributed by atoms with E-state index in [4.69, 9.17) is 0 Å². The Balaban J connectivity index is 0.000000562. The summed E-state index contributed by atoms with van der Waals surface area (Å²) in [6.07, 6.45) is 16.6. The molecule has 0 aromatic rings. The van der Waals surface area contributed by atoms with Crippen LogP contribution in [0.25, 0.3) is 0 Å². The van der Waals surface area contributed by atoms with Gasteiger partial charge in [0.2, 0.25) is 0 Å². The van der Waals surface area contributed by atoms with Crippen molar-refractivity contribution in [2.24, 2.45) is 0 Å². The molecule has 0 spiro atoms. The van der Waals surface area contributed by atoms with E-state index in [1.54, 1.807) is 8.26 Å². The van der Waals surface area contributed by atoms with E-state index in [0.717, 1.165) is 0 Å². The first-order valence-electron chi connectivity index (χ1n) is 5.14. The summed E-state index contributed by atoms with van der Waals surface area (Å²) in [5.41, 5.74) is 0. The summed E-state index contributed by atoms with van der Waals surface area (Å²) in [6.45, 7) is 0. The first-order valence-corrected chi connectivity index (χ1v) is 11.1. The second kappa shape index (κ2) is 3.95. The van der Waals surface area contributed by atoms with Crippen molar-refractivity contribution in [2.45, 2.75) is 21.1 Å². The summed E-state index contributed by atoms with van der Waals surface area (Å²) < 4.78 is 6.92. The first-order chi connectivity index (χ1) is 6.42. The average molecular weight is 287 g/mol. The second-order valence-electron chi connectivity index (χ2n) is 4.23. The third-order valence-corrected chi connectivity index (χ3v) is 15.1. The molecule has 0 radical (unpaired) electrons. The second-order valence-corrected chi connectivity index (χ2v) is 15.2. The molecule has 0 N–H and O–H groups in total. The minimum atomic E-state index is -1.76. The van der Waals surface area contributed by atoms with Gasteiger partial charge in [0, 0.05) is 0 Å². The van der Waals surface area contributed by atoms with Crippen molar-refractivity contribution in [1.82, 2.24) is 0 Å². The molecule has 0 saturated carbocycles. The van der Waals surface area contributed by atoms with Gasteiger partial charge in [-0.1, -0.05) is 0 Å². The SMILES string of the molecule is C1=CC[C]([Zr]2([C]3=CC=CC3)[CH2][CH2]2)=C1.Cl.[H-]. The Morgan fingerprint density at radius 3 is 1.71 bits per heavy atom. The summed E-state index contributed by atoms with van der Waals surface area (Å²) >= 11 is -1.76. The van der Waals surface area contributed by atoms with Crippen LogP contribution in [0.3, 0.4) is 0 Å². The van der Waals surface area contributed by atoms with Crippen molar-refractivity contribution in [1.29, 1.82) is 0 Å². The van der Waals surface area contributed by atoms with Gasteiger partial charge in [-0.3, -0.25) is 0 Å². The minimum absolute atomic E-state index is 0. The van der Waals surface area contributed by atoms with Gasteiger partial charge in [0.05, 0.1) is 0 Å². The Labute approximate surface area is 97.8 Å². The summed E-state index contributed by atoms with van der Waals surface area (Å²) in [7, 11) is 0. The maximum absolute atomic E-state index is 2.42. The van der Waals surface area contributed by atoms with Crippen molar-refractivity contribution in [3.8, 4) is 0 Å². The number of allylic oxidation sites excluding steroid dienone is 8. The Hall–Kier alpha value is 0.133. The normalized spacial score (nSPS) is 25.7. The standard InChI is InChI=1S/2C5H5.C2H4.ClH.Zr.H/c2*1-2-4-5-3-1;1-2;;;/h2*1-3H,4H2;1-2H2;1H;;/q;;;;;-1. The predicted octanol–water partition coefficient (Wildman–Crippen LogP) is 4.21. The molecule has 0 aromatic carbocycles. The Morgan fingerprint density at radius 1 is 0.929 bits per heavy atom. The Kier molecular flexibility index (Phi) is 3.00. The molecule has 14 heavy (non-hydrogen) atoms. The third kappa shape index (κ3) is 1.55. The first kappa shape index (κ1) is 10.6. The molecule has 1 aliphatic heterocycles. The van der Waals surface area contributed by atoms with E-state index in [0.29, 0.717) is 0 Å².